The van der Waals surface area contributed by atoms with E-state index in [9.17, 15) is 5.11 Å². The second kappa shape index (κ2) is 4.69. The summed E-state index contributed by atoms with van der Waals surface area (Å²) >= 11 is 0. The maximum absolute atomic E-state index is 9.27. The summed E-state index contributed by atoms with van der Waals surface area (Å²) in [4.78, 5) is 0. The van der Waals surface area contributed by atoms with Gasteiger partial charge in [0.15, 0.2) is 0 Å². The predicted molar refractivity (Wildman–Crippen MR) is 41.8 cm³/mol. The van der Waals surface area contributed by atoms with E-state index in [1.165, 1.54) is 0 Å². The minimum Gasteiger partial charge on any atom is -0.393 e. The molecular weight excluding hydrogens is 128 g/mol. The predicted octanol–water partition coefficient (Wildman–Crippen LogP) is 1.16. The lowest BCUT2D eigenvalue weighted by Crippen LogP contribution is -2.21. The molecule has 0 fully saturated rings. The van der Waals surface area contributed by atoms with Crippen molar-refractivity contribution in [2.45, 2.75) is 45.8 Å². The second-order valence-corrected chi connectivity index (χ2v) is 3.11. The van der Waals surface area contributed by atoms with Crippen LogP contribution in [0.3, 0.4) is 0 Å². The van der Waals surface area contributed by atoms with E-state index >= 15 is 0 Å². The van der Waals surface area contributed by atoms with E-state index in [1.807, 2.05) is 20.8 Å². The first-order chi connectivity index (χ1) is 4.57. The maximum Gasteiger partial charge on any atom is 0.0587 e. The van der Waals surface area contributed by atoms with Crippen LogP contribution in [0.1, 0.15) is 33.6 Å². The van der Waals surface area contributed by atoms with E-state index in [1.54, 1.807) is 0 Å². The van der Waals surface area contributed by atoms with Gasteiger partial charge in [-0.1, -0.05) is 20.8 Å². The summed E-state index contributed by atoms with van der Waals surface area (Å²) in [5.74, 6) is 0.251. The van der Waals surface area contributed by atoms with Crippen molar-refractivity contribution in [1.29, 1.82) is 0 Å². The first kappa shape index (κ1) is 9.92. The molecule has 0 aliphatic heterocycles. The van der Waals surface area contributed by atoms with Crippen LogP contribution in [0.4, 0.5) is 0 Å². The quantitative estimate of drug-likeness (QED) is 0.625. The van der Waals surface area contributed by atoms with Crippen molar-refractivity contribution in [3.63, 3.8) is 0 Å². The average Bonchev–Trinajstić information content (AvgIpc) is 1.87. The lowest BCUT2D eigenvalue weighted by molar-refractivity contribution is 0.0521. The zero-order chi connectivity index (χ0) is 8.15. The highest BCUT2D eigenvalue weighted by Gasteiger charge is 2.12. The number of aliphatic hydroxyl groups excluding tert-OH is 2. The second-order valence-electron chi connectivity index (χ2n) is 3.11. The molecule has 2 heteroatoms. The fourth-order valence-corrected chi connectivity index (χ4v) is 0.718. The molecule has 10 heavy (non-hydrogen) atoms. The van der Waals surface area contributed by atoms with Gasteiger partial charge in [-0.05, 0) is 18.8 Å². The Balaban J connectivity index is 3.46. The van der Waals surface area contributed by atoms with Gasteiger partial charge in [0.2, 0.25) is 0 Å². The number of hydrogen-bond acceptors (Lipinski definition) is 2. The largest absolute Gasteiger partial charge is 0.393 e. The highest BCUT2D eigenvalue weighted by atomic mass is 16.3. The number of hydrogen-bond donors (Lipinski definition) is 2. The van der Waals surface area contributed by atoms with Gasteiger partial charge in [0.1, 0.15) is 0 Å². The SMILES string of the molecule is CCC(O)C[C@H](O)C(C)C. The fourth-order valence-electron chi connectivity index (χ4n) is 0.718. The molecule has 0 aromatic heterocycles. The van der Waals surface area contributed by atoms with Crippen molar-refractivity contribution in [2.75, 3.05) is 0 Å². The molecule has 0 radical (unpaired) electrons. The van der Waals surface area contributed by atoms with Crippen LogP contribution >= 0.6 is 0 Å². The van der Waals surface area contributed by atoms with Crippen molar-refractivity contribution in [2.24, 2.45) is 5.92 Å². The Morgan fingerprint density at radius 3 is 2.00 bits per heavy atom. The smallest absolute Gasteiger partial charge is 0.0587 e. The Morgan fingerprint density at radius 2 is 1.70 bits per heavy atom. The summed E-state index contributed by atoms with van der Waals surface area (Å²) in [6.45, 7) is 5.82. The third kappa shape index (κ3) is 3.85. The summed E-state index contributed by atoms with van der Waals surface area (Å²) < 4.78 is 0. The van der Waals surface area contributed by atoms with Crippen LogP contribution in [-0.2, 0) is 0 Å². The van der Waals surface area contributed by atoms with Crippen molar-refractivity contribution in [1.82, 2.24) is 0 Å². The van der Waals surface area contributed by atoms with Gasteiger partial charge in [-0.15, -0.1) is 0 Å². The van der Waals surface area contributed by atoms with E-state index in [2.05, 4.69) is 0 Å². The summed E-state index contributed by atoms with van der Waals surface area (Å²) in [5, 5.41) is 18.4. The molecule has 0 rings (SSSR count). The highest BCUT2D eigenvalue weighted by Crippen LogP contribution is 2.09. The zero-order valence-electron chi connectivity index (χ0n) is 7.04. The molecule has 2 N–H and O–H groups in total. The van der Waals surface area contributed by atoms with Crippen molar-refractivity contribution in [3.05, 3.63) is 0 Å². The first-order valence-corrected chi connectivity index (χ1v) is 3.94. The van der Waals surface area contributed by atoms with Gasteiger partial charge < -0.3 is 10.2 Å². The molecule has 0 aromatic carbocycles. The number of aliphatic hydroxyl groups is 2. The van der Waals surface area contributed by atoms with E-state index < -0.39 is 0 Å². The van der Waals surface area contributed by atoms with Gasteiger partial charge in [0, 0.05) is 0 Å². The molecule has 1 unspecified atom stereocenters. The lowest BCUT2D eigenvalue weighted by atomic mass is 10.0. The molecule has 2 nitrogen and oxygen atoms in total. The van der Waals surface area contributed by atoms with E-state index in [0.717, 1.165) is 6.42 Å². The molecule has 62 valence electrons. The molecule has 0 spiro atoms. The highest BCUT2D eigenvalue weighted by molar-refractivity contribution is 4.64. The van der Waals surface area contributed by atoms with Gasteiger partial charge in [0.05, 0.1) is 12.2 Å². The minimum absolute atomic E-state index is 0.251. The molecule has 2 atom stereocenters. The molecule has 0 aliphatic carbocycles. The first-order valence-electron chi connectivity index (χ1n) is 3.94. The van der Waals surface area contributed by atoms with Crippen LogP contribution in [0.15, 0.2) is 0 Å². The Bertz CT molecular complexity index is 81.3. The lowest BCUT2D eigenvalue weighted by Gasteiger charge is -2.16. The fraction of sp³-hybridized carbons (Fsp3) is 1.00. The molecule has 0 aliphatic rings. The van der Waals surface area contributed by atoms with Crippen LogP contribution < -0.4 is 0 Å². The maximum atomic E-state index is 9.27. The standard InChI is InChI=1S/C8H18O2/c1-4-7(9)5-8(10)6(2)3/h6-10H,4-5H2,1-3H3/t7?,8-/m0/s1. The van der Waals surface area contributed by atoms with Crippen LogP contribution in [0, 0.1) is 5.92 Å². The van der Waals surface area contributed by atoms with Crippen LogP contribution in [-0.4, -0.2) is 22.4 Å². The monoisotopic (exact) mass is 146 g/mol. The average molecular weight is 146 g/mol. The Morgan fingerprint density at radius 1 is 1.20 bits per heavy atom. The van der Waals surface area contributed by atoms with Gasteiger partial charge in [-0.2, -0.15) is 0 Å². The van der Waals surface area contributed by atoms with Crippen molar-refractivity contribution >= 4 is 0 Å². The van der Waals surface area contributed by atoms with Gasteiger partial charge >= 0.3 is 0 Å². The normalized spacial score (nSPS) is 17.4. The van der Waals surface area contributed by atoms with E-state index in [0.29, 0.717) is 6.42 Å². The third-order valence-corrected chi connectivity index (χ3v) is 1.75. The van der Waals surface area contributed by atoms with Crippen LogP contribution in [0.2, 0.25) is 0 Å². The Labute approximate surface area is 62.9 Å². The number of rotatable bonds is 4. The molecule has 0 heterocycles. The zero-order valence-corrected chi connectivity index (χ0v) is 7.04. The molecule has 0 aromatic rings. The van der Waals surface area contributed by atoms with Crippen molar-refractivity contribution < 1.29 is 10.2 Å². The topological polar surface area (TPSA) is 40.5 Å². The summed E-state index contributed by atoms with van der Waals surface area (Å²) in [5.41, 5.74) is 0. The van der Waals surface area contributed by atoms with E-state index in [4.69, 9.17) is 5.11 Å². The summed E-state index contributed by atoms with van der Waals surface area (Å²) in [7, 11) is 0. The van der Waals surface area contributed by atoms with Gasteiger partial charge in [-0.25, -0.2) is 0 Å². The molecular formula is C8H18O2. The molecule has 0 saturated carbocycles. The Kier molecular flexibility index (Phi) is 4.65. The molecule has 0 bridgehead atoms. The van der Waals surface area contributed by atoms with E-state index in [-0.39, 0.29) is 18.1 Å². The van der Waals surface area contributed by atoms with Gasteiger partial charge in [0.25, 0.3) is 0 Å². The van der Waals surface area contributed by atoms with Gasteiger partial charge in [-0.3, -0.25) is 0 Å². The van der Waals surface area contributed by atoms with Crippen LogP contribution in [0.5, 0.6) is 0 Å². The van der Waals surface area contributed by atoms with Crippen LogP contribution in [0.25, 0.3) is 0 Å². The Hall–Kier alpha value is -0.0800. The van der Waals surface area contributed by atoms with Crippen molar-refractivity contribution in [3.8, 4) is 0 Å². The molecule has 0 saturated heterocycles. The summed E-state index contributed by atoms with van der Waals surface area (Å²) in [6, 6.07) is 0. The third-order valence-electron chi connectivity index (χ3n) is 1.75. The molecule has 0 amide bonds. The summed E-state index contributed by atoms with van der Waals surface area (Å²) in [6.07, 6.45) is 0.546. The minimum atomic E-state index is -0.352.